The van der Waals surface area contributed by atoms with Gasteiger partial charge in [-0.15, -0.1) is 0 Å². The van der Waals surface area contributed by atoms with Crippen molar-refractivity contribution in [2.75, 3.05) is 39.8 Å². The molecule has 24 heavy (non-hydrogen) atoms. The van der Waals surface area contributed by atoms with Gasteiger partial charge in [0, 0.05) is 19.5 Å². The second kappa shape index (κ2) is 8.10. The van der Waals surface area contributed by atoms with Gasteiger partial charge in [0.2, 0.25) is 0 Å². The van der Waals surface area contributed by atoms with Gasteiger partial charge in [0.05, 0.1) is 12.7 Å². The molecule has 2 fully saturated rings. The third-order valence-corrected chi connectivity index (χ3v) is 5.31. The maximum absolute atomic E-state index is 11.7. The van der Waals surface area contributed by atoms with E-state index in [2.05, 4.69) is 9.80 Å². The number of likely N-dealkylation sites (tertiary alicyclic amines) is 1. The first-order valence-electron chi connectivity index (χ1n) is 8.95. The molecule has 0 amide bonds. The minimum absolute atomic E-state index is 0.0528. The molecule has 2 aliphatic heterocycles. The molecule has 0 aliphatic carbocycles. The van der Waals surface area contributed by atoms with Gasteiger partial charge < -0.3 is 14.7 Å². The summed E-state index contributed by atoms with van der Waals surface area (Å²) in [5.74, 6) is 0.550. The van der Waals surface area contributed by atoms with Crippen molar-refractivity contribution in [2.45, 2.75) is 31.4 Å². The Labute approximate surface area is 144 Å². The number of esters is 1. The average molecular weight is 332 g/mol. The highest BCUT2D eigenvalue weighted by molar-refractivity contribution is 5.77. The lowest BCUT2D eigenvalue weighted by molar-refractivity contribution is -0.142. The molecular formula is C19H28N2O3. The molecule has 0 spiro atoms. The van der Waals surface area contributed by atoms with Crippen LogP contribution in [0.1, 0.15) is 30.9 Å². The molecule has 132 valence electrons. The summed E-state index contributed by atoms with van der Waals surface area (Å²) in [5.41, 5.74) is 0.985. The first-order chi connectivity index (χ1) is 11.6. The monoisotopic (exact) mass is 332 g/mol. The van der Waals surface area contributed by atoms with Crippen molar-refractivity contribution < 1.29 is 14.6 Å². The van der Waals surface area contributed by atoms with Gasteiger partial charge in [-0.1, -0.05) is 30.3 Å². The maximum atomic E-state index is 11.7. The van der Waals surface area contributed by atoms with Crippen LogP contribution in [0.4, 0.5) is 0 Å². The smallest absolute Gasteiger partial charge is 0.323 e. The van der Waals surface area contributed by atoms with Crippen LogP contribution in [0.5, 0.6) is 0 Å². The molecule has 2 atom stereocenters. The Kier molecular flexibility index (Phi) is 5.87. The van der Waals surface area contributed by atoms with E-state index < -0.39 is 6.10 Å². The second-order valence-corrected chi connectivity index (χ2v) is 7.08. The molecule has 1 aromatic rings. The van der Waals surface area contributed by atoms with E-state index in [4.69, 9.17) is 4.74 Å². The fourth-order valence-corrected chi connectivity index (χ4v) is 3.80. The van der Waals surface area contributed by atoms with E-state index in [0.29, 0.717) is 19.1 Å². The van der Waals surface area contributed by atoms with Crippen LogP contribution in [0, 0.1) is 5.92 Å². The predicted octanol–water partition coefficient (Wildman–Crippen LogP) is 1.68. The second-order valence-electron chi connectivity index (χ2n) is 7.08. The zero-order valence-corrected chi connectivity index (χ0v) is 14.4. The van der Waals surface area contributed by atoms with Gasteiger partial charge in [-0.2, -0.15) is 0 Å². The minimum atomic E-state index is -0.418. The van der Waals surface area contributed by atoms with Crippen molar-refractivity contribution in [3.05, 3.63) is 35.9 Å². The zero-order chi connectivity index (χ0) is 16.9. The van der Waals surface area contributed by atoms with Crippen molar-refractivity contribution >= 4 is 5.97 Å². The fourth-order valence-electron chi connectivity index (χ4n) is 3.80. The highest BCUT2D eigenvalue weighted by atomic mass is 16.5. The molecule has 0 bridgehead atoms. The molecule has 0 saturated carbocycles. The Balaban J connectivity index is 1.41. The first-order valence-corrected chi connectivity index (χ1v) is 8.95. The quantitative estimate of drug-likeness (QED) is 0.803. The van der Waals surface area contributed by atoms with Crippen LogP contribution in [0.25, 0.3) is 0 Å². The lowest BCUT2D eigenvalue weighted by atomic mass is 9.95. The number of carbonyl (C=O) groups excluding carboxylic acids is 1. The van der Waals surface area contributed by atoms with E-state index in [1.54, 1.807) is 0 Å². The van der Waals surface area contributed by atoms with Crippen LogP contribution in [-0.2, 0) is 9.53 Å². The lowest BCUT2D eigenvalue weighted by Gasteiger charge is -2.35. The number of piperidine rings is 1. The van der Waals surface area contributed by atoms with Crippen LogP contribution in [0.15, 0.2) is 30.3 Å². The number of ether oxygens (including phenoxy) is 1. The van der Waals surface area contributed by atoms with Crippen molar-refractivity contribution in [3.63, 3.8) is 0 Å². The van der Waals surface area contributed by atoms with E-state index in [-0.39, 0.29) is 12.0 Å². The third kappa shape index (κ3) is 4.35. The summed E-state index contributed by atoms with van der Waals surface area (Å²) in [6, 6.07) is 9.81. The minimum Gasteiger partial charge on any atom is -0.464 e. The zero-order valence-electron chi connectivity index (χ0n) is 14.4. The highest BCUT2D eigenvalue weighted by Crippen LogP contribution is 2.23. The van der Waals surface area contributed by atoms with Gasteiger partial charge in [0.25, 0.3) is 0 Å². The number of rotatable bonds is 6. The lowest BCUT2D eigenvalue weighted by Crippen LogP contribution is -2.43. The summed E-state index contributed by atoms with van der Waals surface area (Å²) in [4.78, 5) is 16.2. The number of benzene rings is 1. The van der Waals surface area contributed by atoms with Crippen LogP contribution < -0.4 is 0 Å². The summed E-state index contributed by atoms with van der Waals surface area (Å²) >= 11 is 0. The average Bonchev–Trinajstić information content (AvgIpc) is 3.03. The molecule has 2 saturated heterocycles. The summed E-state index contributed by atoms with van der Waals surface area (Å²) in [5, 5.41) is 10.4. The number of carbonyl (C=O) groups is 1. The first kappa shape index (κ1) is 17.4. The normalized spacial score (nSPS) is 24.3. The number of aliphatic hydroxyl groups excluding tert-OH is 1. The van der Waals surface area contributed by atoms with Crippen LogP contribution in [-0.4, -0.2) is 66.8 Å². The van der Waals surface area contributed by atoms with Gasteiger partial charge in [-0.05, 0) is 44.5 Å². The molecular weight excluding hydrogens is 304 g/mol. The van der Waals surface area contributed by atoms with Crippen LogP contribution in [0.3, 0.4) is 0 Å². The van der Waals surface area contributed by atoms with Crippen LogP contribution in [0.2, 0.25) is 0 Å². The molecule has 3 rings (SSSR count). The van der Waals surface area contributed by atoms with Gasteiger partial charge in [0.15, 0.2) is 0 Å². The van der Waals surface area contributed by atoms with Gasteiger partial charge in [0.1, 0.15) is 6.04 Å². The Hall–Kier alpha value is -1.43. The third-order valence-electron chi connectivity index (χ3n) is 5.31. The number of aliphatic hydroxyl groups is 1. The van der Waals surface area contributed by atoms with E-state index in [1.165, 1.54) is 0 Å². The molecule has 5 heteroatoms. The molecule has 1 aromatic carbocycles. The number of hydrogen-bond donors (Lipinski definition) is 1. The van der Waals surface area contributed by atoms with Gasteiger partial charge in [-0.25, -0.2) is 0 Å². The summed E-state index contributed by atoms with van der Waals surface area (Å²) in [6.07, 6.45) is 2.64. The molecule has 5 nitrogen and oxygen atoms in total. The Morgan fingerprint density at radius 1 is 1.25 bits per heavy atom. The van der Waals surface area contributed by atoms with Crippen molar-refractivity contribution in [3.8, 4) is 0 Å². The molecule has 0 radical (unpaired) electrons. The molecule has 2 aliphatic rings. The molecule has 0 aromatic heterocycles. The molecule has 1 N–H and O–H groups in total. The topological polar surface area (TPSA) is 53.0 Å². The number of hydrogen-bond acceptors (Lipinski definition) is 5. The van der Waals surface area contributed by atoms with Gasteiger partial charge >= 0.3 is 5.97 Å². The van der Waals surface area contributed by atoms with E-state index in [0.717, 1.165) is 44.5 Å². The number of nitrogens with zero attached hydrogens (tertiary/aromatic N) is 2. The van der Waals surface area contributed by atoms with E-state index in [9.17, 15) is 9.90 Å². The number of cyclic esters (lactones) is 1. The van der Waals surface area contributed by atoms with E-state index in [1.807, 2.05) is 37.4 Å². The Morgan fingerprint density at radius 2 is 1.96 bits per heavy atom. The van der Waals surface area contributed by atoms with Crippen molar-refractivity contribution in [1.29, 1.82) is 0 Å². The maximum Gasteiger partial charge on any atom is 0.323 e. The van der Waals surface area contributed by atoms with E-state index >= 15 is 0 Å². The summed E-state index contributed by atoms with van der Waals surface area (Å²) in [7, 11) is 2.03. The molecule has 0 unspecified atom stereocenters. The molecule has 2 heterocycles. The van der Waals surface area contributed by atoms with Crippen molar-refractivity contribution in [1.82, 2.24) is 9.80 Å². The Bertz CT molecular complexity index is 529. The van der Waals surface area contributed by atoms with Gasteiger partial charge in [-0.3, -0.25) is 9.69 Å². The highest BCUT2D eigenvalue weighted by Gasteiger charge is 2.32. The summed E-state index contributed by atoms with van der Waals surface area (Å²) < 4.78 is 5.06. The Morgan fingerprint density at radius 3 is 2.58 bits per heavy atom. The summed E-state index contributed by atoms with van der Waals surface area (Å²) in [6.45, 7) is 4.23. The SMILES string of the molecule is CN(CC1CCN(C[C@@H](O)c2ccccc2)CC1)[C@H]1CCOC1=O. The predicted molar refractivity (Wildman–Crippen MR) is 92.6 cm³/mol. The fraction of sp³-hybridized carbons (Fsp3) is 0.632. The van der Waals surface area contributed by atoms with Crippen LogP contribution >= 0.6 is 0 Å². The number of β-amino-alcohol motifs (C(OH)–C–C–N with tert-alkyl or cyclic N) is 1. The number of likely N-dealkylation sites (N-methyl/N-ethyl adjacent to an activating group) is 1. The largest absolute Gasteiger partial charge is 0.464 e. The van der Waals surface area contributed by atoms with Crippen molar-refractivity contribution in [2.24, 2.45) is 5.92 Å². The standard InChI is InChI=1S/C19H28N2O3/c1-20(17-9-12-24-19(17)23)13-15-7-10-21(11-8-15)14-18(22)16-5-3-2-4-6-16/h2-6,15,17-18,22H,7-14H2,1H3/t17-,18+/m0/s1.